The normalized spacial score (nSPS) is 10.7. The number of amides is 3. The molecule has 1 aromatic carbocycles. The molecule has 2 aromatic rings. The first kappa shape index (κ1) is 17.9. The number of benzene rings is 1. The minimum absolute atomic E-state index is 0. The number of hydrogen-bond acceptors (Lipinski definition) is 2. The second kappa shape index (κ2) is 7.22. The van der Waals surface area contributed by atoms with Crippen molar-refractivity contribution in [1.29, 1.82) is 0 Å². The van der Waals surface area contributed by atoms with Crippen LogP contribution in [0, 0.1) is 0 Å². The van der Waals surface area contributed by atoms with Crippen molar-refractivity contribution >= 4 is 22.7 Å². The lowest BCUT2D eigenvalue weighted by Crippen LogP contribution is -3.00. The van der Waals surface area contributed by atoms with Crippen LogP contribution in [0.4, 0.5) is 4.79 Å². The number of urea groups is 1. The molecule has 22 heavy (non-hydrogen) atoms. The maximum Gasteiger partial charge on any atom is 0.322 e. The monoisotopic (exact) mass is 321 g/mol. The first-order valence-electron chi connectivity index (χ1n) is 6.83. The van der Waals surface area contributed by atoms with Gasteiger partial charge in [-0.25, -0.2) is 4.79 Å². The molecule has 0 saturated heterocycles. The maximum absolute atomic E-state index is 11.9. The Morgan fingerprint density at radius 1 is 1.09 bits per heavy atom. The van der Waals surface area contributed by atoms with E-state index in [2.05, 4.69) is 10.6 Å². The summed E-state index contributed by atoms with van der Waals surface area (Å²) in [6.07, 6.45) is 3.71. The van der Waals surface area contributed by atoms with E-state index in [0.717, 1.165) is 10.8 Å². The maximum atomic E-state index is 11.9. The first-order chi connectivity index (χ1) is 9.83. The van der Waals surface area contributed by atoms with E-state index in [1.165, 1.54) is 0 Å². The molecule has 0 saturated carbocycles. The van der Waals surface area contributed by atoms with Crippen LogP contribution in [0.3, 0.4) is 0 Å². The molecule has 3 amide bonds. The molecule has 0 fully saturated rings. The van der Waals surface area contributed by atoms with Gasteiger partial charge in [-0.15, -0.1) is 0 Å². The summed E-state index contributed by atoms with van der Waals surface area (Å²) in [6.45, 7) is 5.67. The van der Waals surface area contributed by atoms with Crippen LogP contribution < -0.4 is 27.6 Å². The average molecular weight is 322 g/mol. The molecular formula is C16H20ClN3O2. The lowest BCUT2D eigenvalue weighted by Gasteiger charge is -2.19. The lowest BCUT2D eigenvalue weighted by molar-refractivity contribution is -0.683. The minimum atomic E-state index is -0.478. The van der Waals surface area contributed by atoms with E-state index in [9.17, 15) is 9.59 Å². The van der Waals surface area contributed by atoms with E-state index in [0.29, 0.717) is 0 Å². The van der Waals surface area contributed by atoms with Crippen molar-refractivity contribution in [2.45, 2.75) is 32.9 Å². The van der Waals surface area contributed by atoms with Crippen LogP contribution >= 0.6 is 0 Å². The largest absolute Gasteiger partial charge is 1.00 e. The molecule has 5 nitrogen and oxygen atoms in total. The summed E-state index contributed by atoms with van der Waals surface area (Å²) in [6, 6.07) is 9.37. The molecule has 0 bridgehead atoms. The van der Waals surface area contributed by atoms with Crippen LogP contribution in [0.25, 0.3) is 10.8 Å². The summed E-state index contributed by atoms with van der Waals surface area (Å²) in [5.74, 6) is -0.350. The third-order valence-electron chi connectivity index (χ3n) is 2.81. The van der Waals surface area contributed by atoms with E-state index in [4.69, 9.17) is 0 Å². The standard InChI is InChI=1S/C16H19N3O2.ClH/c1-16(2,3)18-15(21)17-14(20)11-19-9-8-12-6-4-5-7-13(12)10-19;/h4-10H,11H2,1-3H3,(H-,17,18,20,21);1H. The molecule has 2 rings (SSSR count). The number of fused-ring (bicyclic) bond motifs is 1. The molecule has 0 unspecified atom stereocenters. The van der Waals surface area contributed by atoms with Gasteiger partial charge in [0.1, 0.15) is 0 Å². The van der Waals surface area contributed by atoms with Gasteiger partial charge in [0.2, 0.25) is 6.54 Å². The van der Waals surface area contributed by atoms with Gasteiger partial charge in [-0.1, -0.05) is 18.2 Å². The van der Waals surface area contributed by atoms with Crippen molar-refractivity contribution in [2.75, 3.05) is 0 Å². The topological polar surface area (TPSA) is 62.1 Å². The van der Waals surface area contributed by atoms with E-state index in [1.54, 1.807) is 4.57 Å². The minimum Gasteiger partial charge on any atom is -1.00 e. The number of imide groups is 1. The fourth-order valence-corrected chi connectivity index (χ4v) is 1.98. The summed E-state index contributed by atoms with van der Waals surface area (Å²) in [5, 5.41) is 7.17. The average Bonchev–Trinajstić information content (AvgIpc) is 2.35. The highest BCUT2D eigenvalue weighted by atomic mass is 35.5. The quantitative estimate of drug-likeness (QED) is 0.680. The zero-order valence-corrected chi connectivity index (χ0v) is 13.6. The molecule has 0 aliphatic heterocycles. The SMILES string of the molecule is CC(C)(C)NC(=O)NC(=O)C[n+]1ccc2ccccc2c1.[Cl-]. The molecule has 0 atom stereocenters. The first-order valence-corrected chi connectivity index (χ1v) is 6.83. The highest BCUT2D eigenvalue weighted by Gasteiger charge is 2.17. The number of rotatable bonds is 2. The summed E-state index contributed by atoms with van der Waals surface area (Å²) < 4.78 is 1.75. The van der Waals surface area contributed by atoms with E-state index >= 15 is 0 Å². The van der Waals surface area contributed by atoms with Gasteiger partial charge in [0.05, 0.1) is 0 Å². The van der Waals surface area contributed by atoms with E-state index in [1.807, 2.05) is 63.5 Å². The van der Waals surface area contributed by atoms with E-state index < -0.39 is 6.03 Å². The van der Waals surface area contributed by atoms with Gasteiger partial charge in [0, 0.05) is 17.0 Å². The molecular weight excluding hydrogens is 302 g/mol. The van der Waals surface area contributed by atoms with Crippen LogP contribution in [-0.2, 0) is 11.3 Å². The fraction of sp³-hybridized carbons (Fsp3) is 0.312. The second-order valence-electron chi connectivity index (χ2n) is 6.00. The molecule has 0 aliphatic carbocycles. The van der Waals surface area contributed by atoms with Gasteiger partial charge in [-0.2, -0.15) is 4.57 Å². The molecule has 6 heteroatoms. The number of hydrogen-bond donors (Lipinski definition) is 2. The third-order valence-corrected chi connectivity index (χ3v) is 2.81. The van der Waals surface area contributed by atoms with Crippen LogP contribution in [-0.4, -0.2) is 17.5 Å². The Hall–Kier alpha value is -2.14. The molecule has 1 heterocycles. The van der Waals surface area contributed by atoms with Crippen molar-refractivity contribution in [1.82, 2.24) is 10.6 Å². The summed E-state index contributed by atoms with van der Waals surface area (Å²) in [5.41, 5.74) is -0.375. The Morgan fingerprint density at radius 2 is 1.73 bits per heavy atom. The molecule has 2 N–H and O–H groups in total. The van der Waals surface area contributed by atoms with Gasteiger partial charge in [-0.05, 0) is 32.2 Å². The van der Waals surface area contributed by atoms with Crippen LogP contribution in [0.5, 0.6) is 0 Å². The predicted octanol–water partition coefficient (Wildman–Crippen LogP) is -1.24. The van der Waals surface area contributed by atoms with Crippen molar-refractivity contribution in [3.8, 4) is 0 Å². The van der Waals surface area contributed by atoms with Crippen molar-refractivity contribution in [3.63, 3.8) is 0 Å². The van der Waals surface area contributed by atoms with Gasteiger partial charge in [0.25, 0.3) is 5.91 Å². The van der Waals surface area contributed by atoms with Gasteiger partial charge >= 0.3 is 6.03 Å². The smallest absolute Gasteiger partial charge is 0.322 e. The van der Waals surface area contributed by atoms with E-state index in [-0.39, 0.29) is 30.4 Å². The van der Waals surface area contributed by atoms with Crippen molar-refractivity contribution in [2.24, 2.45) is 0 Å². The van der Waals surface area contributed by atoms with Crippen LogP contribution in [0.2, 0.25) is 0 Å². The van der Waals surface area contributed by atoms with Crippen LogP contribution in [0.15, 0.2) is 42.7 Å². The molecule has 0 radical (unpaired) electrons. The Balaban J connectivity index is 0.00000242. The number of aromatic nitrogens is 1. The highest BCUT2D eigenvalue weighted by Crippen LogP contribution is 2.09. The number of halogens is 1. The third kappa shape index (κ3) is 5.33. The predicted molar refractivity (Wildman–Crippen MR) is 80.6 cm³/mol. The highest BCUT2D eigenvalue weighted by molar-refractivity contribution is 5.93. The zero-order chi connectivity index (χ0) is 15.5. The Kier molecular flexibility index (Phi) is 5.88. The zero-order valence-electron chi connectivity index (χ0n) is 12.9. The number of pyridine rings is 1. The lowest BCUT2D eigenvalue weighted by atomic mass is 10.1. The fourth-order valence-electron chi connectivity index (χ4n) is 1.98. The summed E-state index contributed by atoms with van der Waals surface area (Å²) >= 11 is 0. The number of nitrogens with one attached hydrogen (secondary N) is 2. The van der Waals surface area contributed by atoms with Gasteiger partial charge in [-0.3, -0.25) is 10.1 Å². The molecule has 0 aliphatic rings. The van der Waals surface area contributed by atoms with Crippen LogP contribution in [0.1, 0.15) is 20.8 Å². The number of carbonyl (C=O) groups excluding carboxylic acids is 2. The van der Waals surface area contributed by atoms with Gasteiger partial charge in [0.15, 0.2) is 12.4 Å². The number of nitrogens with zero attached hydrogens (tertiary/aromatic N) is 1. The Bertz CT molecular complexity index is 680. The molecule has 118 valence electrons. The number of carbonyl (C=O) groups is 2. The second-order valence-corrected chi connectivity index (χ2v) is 6.00. The van der Waals surface area contributed by atoms with Gasteiger partial charge < -0.3 is 17.7 Å². The van der Waals surface area contributed by atoms with Crippen molar-refractivity contribution < 1.29 is 26.6 Å². The summed E-state index contributed by atoms with van der Waals surface area (Å²) in [7, 11) is 0. The summed E-state index contributed by atoms with van der Waals surface area (Å²) in [4.78, 5) is 23.5. The van der Waals surface area contributed by atoms with Crippen molar-refractivity contribution in [3.05, 3.63) is 42.7 Å². The molecule has 1 aromatic heterocycles. The Labute approximate surface area is 136 Å². The Morgan fingerprint density at radius 3 is 2.36 bits per heavy atom. The molecule has 0 spiro atoms.